The molecule has 24 heavy (non-hydrogen) atoms. The first-order valence-electron chi connectivity index (χ1n) is 8.65. The lowest BCUT2D eigenvalue weighted by Crippen LogP contribution is -2.27. The minimum atomic E-state index is 0.679. The van der Waals surface area contributed by atoms with E-state index in [0.29, 0.717) is 5.92 Å². The third-order valence-corrected chi connectivity index (χ3v) is 6.11. The molecule has 0 aliphatic carbocycles. The van der Waals surface area contributed by atoms with Gasteiger partial charge in [0.05, 0.1) is 11.7 Å². The molecule has 0 N–H and O–H groups in total. The molecule has 1 aliphatic heterocycles. The maximum absolute atomic E-state index is 4.37. The SMILES string of the molecule is Cc1cnn2ccc(C3CCN(SCc4ccccc4)CC3)cc12. The van der Waals surface area contributed by atoms with Crippen LogP contribution in [0.1, 0.15) is 35.4 Å². The predicted molar refractivity (Wildman–Crippen MR) is 101 cm³/mol. The Bertz CT molecular complexity index is 804. The number of hydrogen-bond donors (Lipinski definition) is 0. The summed E-state index contributed by atoms with van der Waals surface area (Å²) in [6.07, 6.45) is 6.53. The molecule has 1 saturated heterocycles. The predicted octanol–water partition coefficient (Wildman–Crippen LogP) is 4.67. The van der Waals surface area contributed by atoms with E-state index < -0.39 is 0 Å². The molecule has 3 nitrogen and oxygen atoms in total. The van der Waals surface area contributed by atoms with E-state index >= 15 is 0 Å². The van der Waals surface area contributed by atoms with Crippen LogP contribution in [0.3, 0.4) is 0 Å². The van der Waals surface area contributed by atoms with Gasteiger partial charge in [-0.25, -0.2) is 4.52 Å². The van der Waals surface area contributed by atoms with Crippen LogP contribution in [0.2, 0.25) is 0 Å². The van der Waals surface area contributed by atoms with Crippen molar-refractivity contribution in [2.75, 3.05) is 13.1 Å². The summed E-state index contributed by atoms with van der Waals surface area (Å²) >= 11 is 1.97. The number of hydrogen-bond acceptors (Lipinski definition) is 3. The number of fused-ring (bicyclic) bond motifs is 1. The second kappa shape index (κ2) is 6.99. The number of nitrogens with zero attached hydrogens (tertiary/aromatic N) is 3. The fraction of sp³-hybridized carbons (Fsp3) is 0.350. The first kappa shape index (κ1) is 15.7. The van der Waals surface area contributed by atoms with E-state index in [-0.39, 0.29) is 0 Å². The molecule has 124 valence electrons. The highest BCUT2D eigenvalue weighted by atomic mass is 32.2. The van der Waals surface area contributed by atoms with Crippen LogP contribution in [0.15, 0.2) is 54.9 Å². The minimum absolute atomic E-state index is 0.679. The number of pyridine rings is 1. The normalized spacial score (nSPS) is 16.7. The highest BCUT2D eigenvalue weighted by molar-refractivity contribution is 7.96. The van der Waals surface area contributed by atoms with E-state index in [1.165, 1.54) is 48.1 Å². The molecule has 0 bridgehead atoms. The molecule has 0 atom stereocenters. The maximum atomic E-state index is 4.37. The van der Waals surface area contributed by atoms with Gasteiger partial charge >= 0.3 is 0 Å². The van der Waals surface area contributed by atoms with Crippen LogP contribution >= 0.6 is 11.9 Å². The molecule has 2 aromatic heterocycles. The second-order valence-electron chi connectivity index (χ2n) is 6.58. The maximum Gasteiger partial charge on any atom is 0.0693 e. The molecular weight excluding hydrogens is 314 g/mol. The number of aryl methyl sites for hydroxylation is 1. The van der Waals surface area contributed by atoms with E-state index in [2.05, 4.69) is 65.0 Å². The fourth-order valence-electron chi connectivity index (χ4n) is 3.43. The molecule has 1 aromatic carbocycles. The Morgan fingerprint density at radius 1 is 1.12 bits per heavy atom. The molecule has 0 spiro atoms. The van der Waals surface area contributed by atoms with E-state index in [1.54, 1.807) is 0 Å². The summed E-state index contributed by atoms with van der Waals surface area (Å²) in [7, 11) is 0. The van der Waals surface area contributed by atoms with Crippen LogP contribution in [0.5, 0.6) is 0 Å². The van der Waals surface area contributed by atoms with Gasteiger partial charge in [0.1, 0.15) is 0 Å². The minimum Gasteiger partial charge on any atom is -0.250 e. The number of piperidine rings is 1. The lowest BCUT2D eigenvalue weighted by molar-refractivity contribution is 0.346. The average Bonchev–Trinajstić information content (AvgIpc) is 3.02. The Labute approximate surface area is 147 Å². The number of aromatic nitrogens is 2. The topological polar surface area (TPSA) is 20.5 Å². The summed E-state index contributed by atoms with van der Waals surface area (Å²) in [5.74, 6) is 1.75. The van der Waals surface area contributed by atoms with Crippen molar-refractivity contribution >= 4 is 17.5 Å². The first-order chi connectivity index (χ1) is 11.8. The lowest BCUT2D eigenvalue weighted by atomic mass is 9.90. The standard InChI is InChI=1S/C20H23N3S/c1-16-14-21-23-12-9-19(13-20(16)23)18-7-10-22(11-8-18)24-15-17-5-3-2-4-6-17/h2-6,9,12-14,18H,7-8,10-11,15H2,1H3. The Morgan fingerprint density at radius 2 is 1.92 bits per heavy atom. The van der Waals surface area contributed by atoms with Gasteiger partial charge in [-0.15, -0.1) is 0 Å². The van der Waals surface area contributed by atoms with E-state index in [4.69, 9.17) is 0 Å². The fourth-order valence-corrected chi connectivity index (χ4v) is 4.42. The quantitative estimate of drug-likeness (QED) is 0.645. The van der Waals surface area contributed by atoms with Crippen LogP contribution in [0.25, 0.3) is 5.52 Å². The molecular formula is C20H23N3S. The third kappa shape index (κ3) is 3.35. The van der Waals surface area contributed by atoms with Crippen molar-refractivity contribution < 1.29 is 0 Å². The van der Waals surface area contributed by atoms with Gasteiger partial charge < -0.3 is 0 Å². The van der Waals surface area contributed by atoms with Crippen molar-refractivity contribution in [3.05, 3.63) is 71.5 Å². The van der Waals surface area contributed by atoms with Crippen molar-refractivity contribution in [1.82, 2.24) is 13.9 Å². The van der Waals surface area contributed by atoms with E-state index in [9.17, 15) is 0 Å². The molecule has 1 aliphatic rings. The number of benzene rings is 1. The molecule has 0 radical (unpaired) electrons. The Balaban J connectivity index is 1.35. The van der Waals surface area contributed by atoms with Crippen LogP contribution in [-0.4, -0.2) is 27.0 Å². The summed E-state index contributed by atoms with van der Waals surface area (Å²) in [5.41, 5.74) is 5.38. The largest absolute Gasteiger partial charge is 0.250 e. The van der Waals surface area contributed by atoms with Gasteiger partial charge in [-0.1, -0.05) is 42.3 Å². The van der Waals surface area contributed by atoms with Crippen molar-refractivity contribution in [1.29, 1.82) is 0 Å². The summed E-state index contributed by atoms with van der Waals surface area (Å²) in [6, 6.07) is 15.3. The molecule has 4 rings (SSSR count). The van der Waals surface area contributed by atoms with Gasteiger partial charge in [-0.05, 0) is 54.5 Å². The third-order valence-electron chi connectivity index (χ3n) is 4.92. The Morgan fingerprint density at radius 3 is 2.71 bits per heavy atom. The first-order valence-corrected chi connectivity index (χ1v) is 9.59. The molecule has 4 heteroatoms. The van der Waals surface area contributed by atoms with Gasteiger partial charge in [0, 0.05) is 25.0 Å². The smallest absolute Gasteiger partial charge is 0.0693 e. The highest BCUT2D eigenvalue weighted by Crippen LogP contribution is 2.32. The Kier molecular flexibility index (Phi) is 4.58. The summed E-state index contributed by atoms with van der Waals surface area (Å²) in [5, 5.41) is 4.37. The van der Waals surface area contributed by atoms with E-state index in [1.807, 2.05) is 22.7 Å². The van der Waals surface area contributed by atoms with Crippen molar-refractivity contribution in [3.8, 4) is 0 Å². The summed E-state index contributed by atoms with van der Waals surface area (Å²) in [4.78, 5) is 0. The molecule has 0 amide bonds. The molecule has 3 heterocycles. The van der Waals surface area contributed by atoms with E-state index in [0.717, 1.165) is 5.75 Å². The van der Waals surface area contributed by atoms with Crippen molar-refractivity contribution in [3.63, 3.8) is 0 Å². The van der Waals surface area contributed by atoms with Gasteiger partial charge in [0.15, 0.2) is 0 Å². The van der Waals surface area contributed by atoms with Gasteiger partial charge in [-0.2, -0.15) is 5.10 Å². The zero-order valence-electron chi connectivity index (χ0n) is 14.1. The average molecular weight is 337 g/mol. The molecule has 3 aromatic rings. The summed E-state index contributed by atoms with van der Waals surface area (Å²) in [6.45, 7) is 4.48. The van der Waals surface area contributed by atoms with Crippen molar-refractivity contribution in [2.24, 2.45) is 0 Å². The summed E-state index contributed by atoms with van der Waals surface area (Å²) < 4.78 is 4.51. The van der Waals surface area contributed by atoms with Gasteiger partial charge in [0.2, 0.25) is 0 Å². The van der Waals surface area contributed by atoms with Crippen LogP contribution in [0, 0.1) is 6.92 Å². The van der Waals surface area contributed by atoms with Gasteiger partial charge in [0.25, 0.3) is 0 Å². The van der Waals surface area contributed by atoms with Crippen molar-refractivity contribution in [2.45, 2.75) is 31.4 Å². The monoisotopic (exact) mass is 337 g/mol. The number of rotatable bonds is 4. The van der Waals surface area contributed by atoms with Gasteiger partial charge in [-0.3, -0.25) is 4.31 Å². The Hall–Kier alpha value is -1.78. The highest BCUT2D eigenvalue weighted by Gasteiger charge is 2.21. The lowest BCUT2D eigenvalue weighted by Gasteiger charge is -2.31. The van der Waals surface area contributed by atoms with Crippen LogP contribution < -0.4 is 0 Å². The van der Waals surface area contributed by atoms with Crippen LogP contribution in [-0.2, 0) is 5.75 Å². The van der Waals surface area contributed by atoms with Crippen LogP contribution in [0.4, 0.5) is 0 Å². The zero-order chi connectivity index (χ0) is 16.4. The molecule has 1 fully saturated rings. The molecule has 0 saturated carbocycles. The molecule has 0 unspecified atom stereocenters. The second-order valence-corrected chi connectivity index (χ2v) is 7.64. The zero-order valence-corrected chi connectivity index (χ0v) is 14.9.